The summed E-state index contributed by atoms with van der Waals surface area (Å²) >= 11 is 0. The van der Waals surface area contributed by atoms with Gasteiger partial charge >= 0.3 is 21.7 Å². The van der Waals surface area contributed by atoms with Crippen molar-refractivity contribution in [2.24, 2.45) is 0 Å². The van der Waals surface area contributed by atoms with Gasteiger partial charge in [0.25, 0.3) is 0 Å². The van der Waals surface area contributed by atoms with Crippen LogP contribution in [0.25, 0.3) is 0 Å². The Kier molecular flexibility index (Phi) is 19.2. The molecular weight excluding hydrogens is 447 g/mol. The van der Waals surface area contributed by atoms with Crippen molar-refractivity contribution in [3.63, 3.8) is 0 Å². The van der Waals surface area contributed by atoms with Gasteiger partial charge < -0.3 is 37.2 Å². The number of hydrogen-bond acceptors (Lipinski definition) is 0. The third-order valence-corrected chi connectivity index (χ3v) is 7.53. The molecule has 2 aromatic carbocycles. The molecule has 2 rings (SSSR count). The number of rotatable bonds is 8. The number of unbranched alkanes of at least 4 members (excludes halogenated alkanes) is 2. The molecule has 0 nitrogen and oxygen atoms in total. The second-order valence-electron chi connectivity index (χ2n) is 7.12. The van der Waals surface area contributed by atoms with Crippen LogP contribution in [0.3, 0.4) is 0 Å². The molecule has 5 heteroatoms. The fourth-order valence-electron chi connectivity index (χ4n) is 3.82. The first-order valence-electron chi connectivity index (χ1n) is 9.39. The van der Waals surface area contributed by atoms with Crippen molar-refractivity contribution in [2.45, 2.75) is 73.1 Å². The van der Waals surface area contributed by atoms with Crippen molar-refractivity contribution in [1.29, 1.82) is 0 Å². The minimum Gasteiger partial charge on any atom is -1.00 e. The molecule has 0 bridgehead atoms. The summed E-state index contributed by atoms with van der Waals surface area (Å²) < 4.78 is 0. The van der Waals surface area contributed by atoms with E-state index >= 15 is 0 Å². The van der Waals surface area contributed by atoms with Gasteiger partial charge in [-0.2, -0.15) is 22.4 Å². The predicted molar refractivity (Wildman–Crippen MR) is 108 cm³/mol. The van der Waals surface area contributed by atoms with Crippen LogP contribution in [0.15, 0.2) is 24.3 Å². The van der Waals surface area contributed by atoms with E-state index in [0.29, 0.717) is 0 Å². The van der Waals surface area contributed by atoms with E-state index in [-0.39, 0.29) is 68.5 Å². The van der Waals surface area contributed by atoms with Gasteiger partial charge in [0, 0.05) is 9.52 Å². The predicted octanol–water partition coefficient (Wildman–Crippen LogP) is -4.85. The Hall–Kier alpha value is 0.371. The van der Waals surface area contributed by atoms with Gasteiger partial charge in [-0.1, -0.05) is 86.4 Å². The van der Waals surface area contributed by atoms with E-state index in [9.17, 15) is 0 Å². The largest absolute Gasteiger partial charge is 4.00 e. The van der Waals surface area contributed by atoms with E-state index in [4.69, 9.17) is 0 Å². The van der Waals surface area contributed by atoms with Crippen LogP contribution in [0.5, 0.6) is 0 Å². The quantitative estimate of drug-likeness (QED) is 0.202. The van der Waals surface area contributed by atoms with E-state index in [2.05, 4.69) is 58.9 Å². The molecule has 150 valence electrons. The minimum absolute atomic E-state index is 0. The summed E-state index contributed by atoms with van der Waals surface area (Å²) in [5.74, 6) is 0. The van der Waals surface area contributed by atoms with Crippen molar-refractivity contribution in [3.8, 4) is 0 Å². The zero-order valence-electron chi connectivity index (χ0n) is 17.4. The average molecular weight is 480 g/mol. The molecule has 0 amide bonds. The molecule has 0 aliphatic heterocycles. The first kappa shape index (κ1) is 32.0. The molecule has 0 unspecified atom stereocenters. The van der Waals surface area contributed by atoms with Crippen molar-refractivity contribution in [1.82, 2.24) is 0 Å². The van der Waals surface area contributed by atoms with Crippen LogP contribution >= 0.6 is 0 Å². The van der Waals surface area contributed by atoms with Crippen LogP contribution in [-0.4, -0.2) is 9.52 Å². The van der Waals surface area contributed by atoms with E-state index < -0.39 is 0 Å². The van der Waals surface area contributed by atoms with Gasteiger partial charge in [0.15, 0.2) is 0 Å². The van der Waals surface area contributed by atoms with Gasteiger partial charge in [-0.25, -0.2) is 6.07 Å². The molecular formula is C22H33Cl3SiTi. The maximum atomic E-state index is 2.46. The molecule has 0 aliphatic rings. The Morgan fingerprint density at radius 2 is 1.48 bits per heavy atom. The molecule has 0 aromatic heterocycles. The Labute approximate surface area is 203 Å². The number of aryl methyl sites for hydroxylation is 4. The fourth-order valence-corrected chi connectivity index (χ4v) is 5.82. The molecule has 0 heterocycles. The van der Waals surface area contributed by atoms with Gasteiger partial charge in [-0.15, -0.1) is 0 Å². The molecule has 0 saturated heterocycles. The molecule has 0 spiro atoms. The summed E-state index contributed by atoms with van der Waals surface area (Å²) in [5.41, 5.74) is 7.75. The van der Waals surface area contributed by atoms with Crippen LogP contribution in [0, 0.1) is 20.8 Å². The molecule has 0 radical (unpaired) electrons. The van der Waals surface area contributed by atoms with Crippen LogP contribution < -0.4 is 47.6 Å². The third-order valence-electron chi connectivity index (χ3n) is 5.02. The smallest absolute Gasteiger partial charge is 1.00 e. The number of hydrogen-bond donors (Lipinski definition) is 0. The molecule has 0 N–H and O–H groups in total. The van der Waals surface area contributed by atoms with Gasteiger partial charge in [0.2, 0.25) is 0 Å². The summed E-state index contributed by atoms with van der Waals surface area (Å²) in [7, 11) is -0.365. The van der Waals surface area contributed by atoms with E-state index in [0.717, 1.165) is 0 Å². The molecule has 0 aliphatic carbocycles. The van der Waals surface area contributed by atoms with Gasteiger partial charge in [-0.3, -0.25) is 0 Å². The number of halogens is 3. The number of benzene rings is 1. The van der Waals surface area contributed by atoms with Gasteiger partial charge in [0.05, 0.1) is 0 Å². The summed E-state index contributed by atoms with van der Waals surface area (Å²) in [6.45, 7) is 11.4. The average Bonchev–Trinajstić information content (AvgIpc) is 2.86. The minimum atomic E-state index is -0.365. The van der Waals surface area contributed by atoms with Crippen molar-refractivity contribution >= 4 is 19.9 Å². The molecule has 0 atom stereocenters. The van der Waals surface area contributed by atoms with Crippen LogP contribution in [0.1, 0.15) is 67.3 Å². The molecule has 2 aromatic rings. The Morgan fingerprint density at radius 3 is 2.00 bits per heavy atom. The molecule has 0 fully saturated rings. The normalized spacial score (nSPS) is 9.96. The van der Waals surface area contributed by atoms with E-state index in [1.807, 2.05) is 0 Å². The topological polar surface area (TPSA) is 0 Å². The SMILES string of the molecule is CCCCC[c-]1ccc([SiH2]c2c(C)cc(C)cc2C)c1CCC.[Cl-].[Cl-].[Cl-].[Ti+4]. The summed E-state index contributed by atoms with van der Waals surface area (Å²) in [4.78, 5) is 0. The first-order chi connectivity index (χ1) is 11.1. The first-order valence-corrected chi connectivity index (χ1v) is 10.8. The molecule has 0 saturated carbocycles. The van der Waals surface area contributed by atoms with Crippen LogP contribution in [0.2, 0.25) is 0 Å². The Balaban J connectivity index is -0.00000144. The zero-order valence-corrected chi connectivity index (χ0v) is 22.6. The monoisotopic (exact) mass is 478 g/mol. The maximum Gasteiger partial charge on any atom is 4.00 e. The summed E-state index contributed by atoms with van der Waals surface area (Å²) in [6.07, 6.45) is 7.83. The van der Waals surface area contributed by atoms with Gasteiger partial charge in [-0.05, 0) is 20.8 Å². The van der Waals surface area contributed by atoms with Crippen LogP contribution in [-0.2, 0) is 34.6 Å². The van der Waals surface area contributed by atoms with E-state index in [1.54, 1.807) is 21.5 Å². The Morgan fingerprint density at radius 1 is 0.889 bits per heavy atom. The van der Waals surface area contributed by atoms with E-state index in [1.165, 1.54) is 55.2 Å². The summed E-state index contributed by atoms with van der Waals surface area (Å²) in [6, 6.07) is 9.61. The Bertz CT molecular complexity index is 630. The second-order valence-corrected chi connectivity index (χ2v) is 8.95. The molecule has 27 heavy (non-hydrogen) atoms. The standard InChI is InChI=1S/C22H33Si.3ClH.Ti/c1-6-8-9-11-19-12-13-21(20(19)10-7-2)23-22-17(4)14-16(3)15-18(22)5;;;;/h12-15H,6-11,23H2,1-5H3;3*1H;/q-1;;;;+4/p-3. The van der Waals surface area contributed by atoms with Crippen molar-refractivity contribution < 1.29 is 58.9 Å². The second kappa shape index (κ2) is 16.2. The van der Waals surface area contributed by atoms with Crippen molar-refractivity contribution in [2.75, 3.05) is 0 Å². The zero-order chi connectivity index (χ0) is 16.8. The van der Waals surface area contributed by atoms with Crippen molar-refractivity contribution in [3.05, 3.63) is 52.1 Å². The fraction of sp³-hybridized carbons (Fsp3) is 0.500. The summed E-state index contributed by atoms with van der Waals surface area (Å²) in [5, 5.41) is 3.37. The third kappa shape index (κ3) is 9.15. The van der Waals surface area contributed by atoms with Crippen LogP contribution in [0.4, 0.5) is 0 Å². The van der Waals surface area contributed by atoms with Gasteiger partial charge in [0.1, 0.15) is 0 Å². The maximum absolute atomic E-state index is 2.46.